The summed E-state index contributed by atoms with van der Waals surface area (Å²) in [6.45, 7) is 10.6. The Hall–Kier alpha value is -2.10. The molecule has 0 saturated carbocycles. The van der Waals surface area contributed by atoms with Crippen LogP contribution in [0, 0.1) is 5.92 Å². The molecule has 1 fully saturated rings. The maximum atomic E-state index is 11.7. The average Bonchev–Trinajstić information content (AvgIpc) is 2.55. The quantitative estimate of drug-likeness (QED) is 0.763. The highest BCUT2D eigenvalue weighted by Gasteiger charge is 2.26. The van der Waals surface area contributed by atoms with Crippen LogP contribution in [0.5, 0.6) is 0 Å². The second-order valence-electron chi connectivity index (χ2n) is 6.93. The van der Waals surface area contributed by atoms with Gasteiger partial charge in [-0.05, 0) is 45.1 Å². The van der Waals surface area contributed by atoms with Crippen molar-refractivity contribution in [3.8, 4) is 0 Å². The Balaban J connectivity index is 0.000000300. The van der Waals surface area contributed by atoms with Crippen molar-refractivity contribution in [2.45, 2.75) is 45.6 Å². The third kappa shape index (κ3) is 7.95. The van der Waals surface area contributed by atoms with Gasteiger partial charge in [0, 0.05) is 19.5 Å². The Morgan fingerprint density at radius 3 is 2.25 bits per heavy atom. The van der Waals surface area contributed by atoms with Crippen molar-refractivity contribution < 1.29 is 14.3 Å². The molecule has 0 N–H and O–H groups in total. The lowest BCUT2D eigenvalue weighted by atomic mass is 9.94. The molecule has 1 aliphatic heterocycles. The standard InChI is InChI=1S/C12H21NO3.C8H8/c1-12(2,3)16-11(15)13-7-4-10(5-8-13)6-9-14;1-2-8-6-4-3-5-7-8/h9-10H,4-8H2,1-3H3;2-7H,1H2. The second-order valence-corrected chi connectivity index (χ2v) is 6.93. The number of ether oxygens (including phenoxy) is 1. The summed E-state index contributed by atoms with van der Waals surface area (Å²) in [5, 5.41) is 0. The molecule has 132 valence electrons. The molecule has 1 amide bonds. The second kappa shape index (κ2) is 9.91. The fourth-order valence-electron chi connectivity index (χ4n) is 2.40. The third-order valence-corrected chi connectivity index (χ3v) is 3.73. The predicted molar refractivity (Wildman–Crippen MR) is 97.7 cm³/mol. The summed E-state index contributed by atoms with van der Waals surface area (Å²) < 4.78 is 5.29. The minimum absolute atomic E-state index is 0.239. The molecule has 1 aromatic rings. The smallest absolute Gasteiger partial charge is 0.410 e. The predicted octanol–water partition coefficient (Wildman–Crippen LogP) is 4.55. The van der Waals surface area contributed by atoms with Crippen molar-refractivity contribution in [3.05, 3.63) is 42.5 Å². The molecule has 4 nitrogen and oxygen atoms in total. The maximum Gasteiger partial charge on any atom is 0.410 e. The minimum Gasteiger partial charge on any atom is -0.444 e. The van der Waals surface area contributed by atoms with Crippen LogP contribution in [0.1, 0.15) is 45.6 Å². The van der Waals surface area contributed by atoms with Crippen LogP contribution in [0.2, 0.25) is 0 Å². The van der Waals surface area contributed by atoms with E-state index in [2.05, 4.69) is 6.58 Å². The van der Waals surface area contributed by atoms with Gasteiger partial charge in [0.1, 0.15) is 11.9 Å². The van der Waals surface area contributed by atoms with Gasteiger partial charge in [-0.3, -0.25) is 0 Å². The van der Waals surface area contributed by atoms with Gasteiger partial charge in [0.15, 0.2) is 0 Å². The zero-order valence-corrected chi connectivity index (χ0v) is 15.0. The van der Waals surface area contributed by atoms with Crippen molar-refractivity contribution in [1.29, 1.82) is 0 Å². The summed E-state index contributed by atoms with van der Waals surface area (Å²) in [7, 11) is 0. The number of carbonyl (C=O) groups excluding carboxylic acids is 2. The van der Waals surface area contributed by atoms with Gasteiger partial charge in [-0.2, -0.15) is 0 Å². The van der Waals surface area contributed by atoms with Crippen LogP contribution in [0.4, 0.5) is 4.79 Å². The molecule has 0 aromatic heterocycles. The molecule has 1 heterocycles. The van der Waals surface area contributed by atoms with E-state index in [-0.39, 0.29) is 6.09 Å². The molecule has 0 radical (unpaired) electrons. The fraction of sp³-hybridized carbons (Fsp3) is 0.500. The Kier molecular flexibility index (Phi) is 8.24. The first-order chi connectivity index (χ1) is 11.4. The molecule has 1 aliphatic rings. The Morgan fingerprint density at radius 1 is 1.25 bits per heavy atom. The molecule has 1 aromatic carbocycles. The van der Waals surface area contributed by atoms with Crippen LogP contribution < -0.4 is 0 Å². The first-order valence-corrected chi connectivity index (χ1v) is 8.44. The summed E-state index contributed by atoms with van der Waals surface area (Å²) >= 11 is 0. The number of rotatable bonds is 3. The number of amides is 1. The lowest BCUT2D eigenvalue weighted by molar-refractivity contribution is -0.108. The third-order valence-electron chi connectivity index (χ3n) is 3.73. The monoisotopic (exact) mass is 331 g/mol. The van der Waals surface area contributed by atoms with Crippen LogP contribution >= 0.6 is 0 Å². The van der Waals surface area contributed by atoms with E-state index in [1.807, 2.05) is 57.2 Å². The SMILES string of the molecule is C=Cc1ccccc1.CC(C)(C)OC(=O)N1CCC(CC=O)CC1. The van der Waals surface area contributed by atoms with Crippen LogP contribution in [-0.4, -0.2) is 36.0 Å². The number of carbonyl (C=O) groups is 2. The van der Waals surface area contributed by atoms with Crippen LogP contribution in [0.25, 0.3) is 6.08 Å². The van der Waals surface area contributed by atoms with E-state index in [1.165, 1.54) is 5.56 Å². The number of benzene rings is 1. The van der Waals surface area contributed by atoms with Gasteiger partial charge in [-0.25, -0.2) is 4.79 Å². The molecule has 0 atom stereocenters. The molecule has 0 aliphatic carbocycles. The number of piperidine rings is 1. The van der Waals surface area contributed by atoms with E-state index >= 15 is 0 Å². The fourth-order valence-corrected chi connectivity index (χ4v) is 2.40. The van der Waals surface area contributed by atoms with Gasteiger partial charge in [-0.15, -0.1) is 0 Å². The Morgan fingerprint density at radius 2 is 1.83 bits per heavy atom. The van der Waals surface area contributed by atoms with Crippen molar-refractivity contribution in [2.24, 2.45) is 5.92 Å². The number of aldehydes is 1. The molecular weight excluding hydrogens is 302 g/mol. The number of hydrogen-bond acceptors (Lipinski definition) is 3. The molecule has 2 rings (SSSR count). The maximum absolute atomic E-state index is 11.7. The van der Waals surface area contributed by atoms with E-state index in [1.54, 1.807) is 4.90 Å². The normalized spacial score (nSPS) is 15.0. The van der Waals surface area contributed by atoms with Gasteiger partial charge < -0.3 is 14.4 Å². The Bertz CT molecular complexity index is 511. The molecule has 4 heteroatoms. The summed E-state index contributed by atoms with van der Waals surface area (Å²) in [6.07, 6.45) is 4.98. The number of hydrogen-bond donors (Lipinski definition) is 0. The molecule has 1 saturated heterocycles. The highest BCUT2D eigenvalue weighted by Crippen LogP contribution is 2.21. The van der Waals surface area contributed by atoms with Crippen molar-refractivity contribution in [1.82, 2.24) is 4.90 Å². The zero-order chi connectivity index (χ0) is 18.0. The van der Waals surface area contributed by atoms with Gasteiger partial charge in [-0.1, -0.05) is 43.0 Å². The Labute approximate surface area is 145 Å². The number of nitrogens with zero attached hydrogens (tertiary/aromatic N) is 1. The summed E-state index contributed by atoms with van der Waals surface area (Å²) in [5.74, 6) is 0.441. The first-order valence-electron chi connectivity index (χ1n) is 8.44. The van der Waals surface area contributed by atoms with E-state index in [9.17, 15) is 9.59 Å². The highest BCUT2D eigenvalue weighted by molar-refractivity contribution is 5.68. The summed E-state index contributed by atoms with van der Waals surface area (Å²) in [4.78, 5) is 23.8. The van der Waals surface area contributed by atoms with E-state index < -0.39 is 5.60 Å². The van der Waals surface area contributed by atoms with E-state index in [0.717, 1.165) is 19.1 Å². The molecule has 0 unspecified atom stereocenters. The van der Waals surface area contributed by atoms with Crippen LogP contribution in [0.3, 0.4) is 0 Å². The molecular formula is C20H29NO3. The first kappa shape index (κ1) is 19.9. The zero-order valence-electron chi connectivity index (χ0n) is 15.0. The summed E-state index contributed by atoms with van der Waals surface area (Å²) in [6, 6.07) is 10.0. The lowest BCUT2D eigenvalue weighted by Crippen LogP contribution is -2.41. The van der Waals surface area contributed by atoms with Gasteiger partial charge in [0.25, 0.3) is 0 Å². The molecule has 0 spiro atoms. The van der Waals surface area contributed by atoms with Gasteiger partial charge in [0.2, 0.25) is 0 Å². The van der Waals surface area contributed by atoms with Crippen LogP contribution in [0.15, 0.2) is 36.9 Å². The topological polar surface area (TPSA) is 46.6 Å². The number of likely N-dealkylation sites (tertiary alicyclic amines) is 1. The summed E-state index contributed by atoms with van der Waals surface area (Å²) in [5.41, 5.74) is 0.740. The highest BCUT2D eigenvalue weighted by atomic mass is 16.6. The van der Waals surface area contributed by atoms with E-state index in [4.69, 9.17) is 4.74 Å². The van der Waals surface area contributed by atoms with Gasteiger partial charge in [0.05, 0.1) is 0 Å². The molecule has 24 heavy (non-hydrogen) atoms. The van der Waals surface area contributed by atoms with Crippen molar-refractivity contribution in [2.75, 3.05) is 13.1 Å². The largest absolute Gasteiger partial charge is 0.444 e. The van der Waals surface area contributed by atoms with E-state index in [0.29, 0.717) is 25.4 Å². The van der Waals surface area contributed by atoms with Crippen LogP contribution in [-0.2, 0) is 9.53 Å². The molecule has 0 bridgehead atoms. The van der Waals surface area contributed by atoms with Gasteiger partial charge >= 0.3 is 6.09 Å². The lowest BCUT2D eigenvalue weighted by Gasteiger charge is -2.32. The average molecular weight is 331 g/mol. The van der Waals surface area contributed by atoms with Crippen molar-refractivity contribution >= 4 is 18.5 Å². The van der Waals surface area contributed by atoms with Crippen molar-refractivity contribution in [3.63, 3.8) is 0 Å². The minimum atomic E-state index is -0.434.